The minimum atomic E-state index is -2.02. The second-order valence-corrected chi connectivity index (χ2v) is 11.1. The van der Waals surface area contributed by atoms with Gasteiger partial charge in [-0.3, -0.25) is 9.59 Å². The Hall–Kier alpha value is -3.11. The number of halogens is 1. The lowest BCUT2D eigenvalue weighted by Gasteiger charge is -2.32. The van der Waals surface area contributed by atoms with Crippen LogP contribution in [-0.4, -0.2) is 38.4 Å². The third-order valence-electron chi connectivity index (χ3n) is 5.24. The number of carbonyl (C=O) groups excluding carboxylic acids is 2. The predicted molar refractivity (Wildman–Crippen MR) is 140 cm³/mol. The number of aromatic nitrogens is 2. The van der Waals surface area contributed by atoms with Crippen LogP contribution in [0.5, 0.6) is 0 Å². The lowest BCUT2D eigenvalue weighted by Crippen LogP contribution is -2.61. The van der Waals surface area contributed by atoms with E-state index in [1.807, 2.05) is 26.8 Å². The molecule has 0 bridgehead atoms. The standard InChI is InChI=1S/C25H27BrN4O4S/c1-5-18(31)12-25(23(33)34,30-22(32)19-10-11-20(35-19)24(2,3)4)29-17-8-6-15(7-9-17)21-27-13-16(26)14-28-21/h6-11,13-14,29H,5,12H2,1-4H3,(H,30,32)(H,33,34)/t25-/m0/s1. The summed E-state index contributed by atoms with van der Waals surface area (Å²) in [7, 11) is 0. The zero-order valence-corrected chi connectivity index (χ0v) is 22.3. The Morgan fingerprint density at radius 3 is 2.17 bits per heavy atom. The molecular formula is C25H27BrN4O4S. The highest BCUT2D eigenvalue weighted by Gasteiger charge is 2.42. The summed E-state index contributed by atoms with van der Waals surface area (Å²) in [4.78, 5) is 47.8. The molecule has 0 saturated carbocycles. The summed E-state index contributed by atoms with van der Waals surface area (Å²) in [5, 5.41) is 15.6. The van der Waals surface area contributed by atoms with Gasteiger partial charge in [0.25, 0.3) is 5.91 Å². The van der Waals surface area contributed by atoms with E-state index in [1.165, 1.54) is 11.3 Å². The fourth-order valence-electron chi connectivity index (χ4n) is 3.25. The molecule has 3 N–H and O–H groups in total. The molecule has 0 unspecified atom stereocenters. The molecule has 0 fully saturated rings. The molecule has 184 valence electrons. The summed E-state index contributed by atoms with van der Waals surface area (Å²) in [6, 6.07) is 10.3. The second-order valence-electron chi connectivity index (χ2n) is 9.07. The maximum Gasteiger partial charge on any atom is 0.350 e. The van der Waals surface area contributed by atoms with Crippen LogP contribution in [0.4, 0.5) is 5.69 Å². The van der Waals surface area contributed by atoms with Crippen molar-refractivity contribution in [3.63, 3.8) is 0 Å². The van der Waals surface area contributed by atoms with Crippen molar-refractivity contribution >= 4 is 50.6 Å². The molecule has 0 saturated heterocycles. The average molecular weight is 559 g/mol. The maximum atomic E-state index is 13.1. The first-order chi connectivity index (χ1) is 16.4. The Balaban J connectivity index is 1.90. The van der Waals surface area contributed by atoms with Crippen molar-refractivity contribution in [2.24, 2.45) is 0 Å². The van der Waals surface area contributed by atoms with Crippen molar-refractivity contribution < 1.29 is 19.5 Å². The largest absolute Gasteiger partial charge is 0.478 e. The number of aliphatic carboxylic acids is 1. The van der Waals surface area contributed by atoms with Crippen LogP contribution in [0, 0.1) is 0 Å². The van der Waals surface area contributed by atoms with Gasteiger partial charge in [0.2, 0.25) is 5.66 Å². The Kier molecular flexibility index (Phi) is 8.07. The number of Topliss-reactive ketones (excluding diaryl/α,β-unsaturated/α-hetero) is 1. The van der Waals surface area contributed by atoms with Gasteiger partial charge in [-0.25, -0.2) is 14.8 Å². The van der Waals surface area contributed by atoms with E-state index in [4.69, 9.17) is 0 Å². The Morgan fingerprint density at radius 1 is 1.03 bits per heavy atom. The molecule has 3 aromatic rings. The van der Waals surface area contributed by atoms with Gasteiger partial charge in [0.1, 0.15) is 5.78 Å². The van der Waals surface area contributed by atoms with Crippen LogP contribution in [0.15, 0.2) is 53.3 Å². The highest BCUT2D eigenvalue weighted by atomic mass is 79.9. The van der Waals surface area contributed by atoms with Crippen LogP contribution in [0.3, 0.4) is 0 Å². The molecule has 2 aromatic heterocycles. The van der Waals surface area contributed by atoms with Crippen LogP contribution in [-0.2, 0) is 15.0 Å². The van der Waals surface area contributed by atoms with Crippen LogP contribution in [0.1, 0.15) is 55.1 Å². The molecule has 0 aliphatic heterocycles. The highest BCUT2D eigenvalue weighted by molar-refractivity contribution is 9.10. The summed E-state index contributed by atoms with van der Waals surface area (Å²) >= 11 is 4.59. The molecule has 1 amide bonds. The number of anilines is 1. The van der Waals surface area contributed by atoms with Gasteiger partial charge in [-0.05, 0) is 57.7 Å². The van der Waals surface area contributed by atoms with Crippen molar-refractivity contribution in [1.29, 1.82) is 0 Å². The SMILES string of the molecule is CCC(=O)C[C@@](NC(=O)c1ccc(C(C)(C)C)s1)(Nc1ccc(-c2ncc(Br)cn2)cc1)C(=O)O. The van der Waals surface area contributed by atoms with Gasteiger partial charge in [0, 0.05) is 34.9 Å². The zero-order chi connectivity index (χ0) is 25.8. The van der Waals surface area contributed by atoms with E-state index in [0.29, 0.717) is 16.4 Å². The van der Waals surface area contributed by atoms with Gasteiger partial charge in [-0.15, -0.1) is 11.3 Å². The van der Waals surface area contributed by atoms with Gasteiger partial charge in [-0.1, -0.05) is 27.7 Å². The maximum absolute atomic E-state index is 13.1. The lowest BCUT2D eigenvalue weighted by molar-refractivity contribution is -0.145. The minimum absolute atomic E-state index is 0.138. The van der Waals surface area contributed by atoms with Gasteiger partial charge in [0.05, 0.1) is 15.8 Å². The third-order valence-corrected chi connectivity index (χ3v) is 7.16. The number of thiophene rings is 1. The molecule has 8 nitrogen and oxygen atoms in total. The molecule has 1 atom stereocenters. The van der Waals surface area contributed by atoms with E-state index in [9.17, 15) is 19.5 Å². The number of hydrogen-bond acceptors (Lipinski definition) is 7. The summed E-state index contributed by atoms with van der Waals surface area (Å²) in [6.45, 7) is 7.75. The quantitative estimate of drug-likeness (QED) is 0.306. The van der Waals surface area contributed by atoms with Crippen molar-refractivity contribution in [2.45, 2.75) is 51.6 Å². The number of carboxylic acid groups (broad SMARTS) is 1. The number of nitrogens with zero attached hydrogens (tertiary/aromatic N) is 2. The molecule has 1 aromatic carbocycles. The predicted octanol–water partition coefficient (Wildman–Crippen LogP) is 5.26. The molecular weight excluding hydrogens is 532 g/mol. The topological polar surface area (TPSA) is 121 Å². The van der Waals surface area contributed by atoms with Crippen molar-refractivity contribution in [2.75, 3.05) is 5.32 Å². The van der Waals surface area contributed by atoms with Gasteiger partial charge >= 0.3 is 5.97 Å². The van der Waals surface area contributed by atoms with Crippen LogP contribution < -0.4 is 10.6 Å². The van der Waals surface area contributed by atoms with Gasteiger partial charge < -0.3 is 15.7 Å². The summed E-state index contributed by atoms with van der Waals surface area (Å²) in [5.74, 6) is -1.72. The van der Waals surface area contributed by atoms with E-state index >= 15 is 0 Å². The van der Waals surface area contributed by atoms with Crippen LogP contribution in [0.25, 0.3) is 11.4 Å². The lowest BCUT2D eigenvalue weighted by atomic mass is 9.95. The Bertz CT molecular complexity index is 1220. The van der Waals surface area contributed by atoms with Gasteiger partial charge in [0.15, 0.2) is 5.82 Å². The third kappa shape index (κ3) is 6.52. The fraction of sp³-hybridized carbons (Fsp3) is 0.320. The van der Waals surface area contributed by atoms with E-state index in [2.05, 4.69) is 36.5 Å². The van der Waals surface area contributed by atoms with Crippen molar-refractivity contribution in [3.8, 4) is 11.4 Å². The van der Waals surface area contributed by atoms with Crippen molar-refractivity contribution in [3.05, 3.63) is 63.0 Å². The molecule has 3 rings (SSSR count). The first-order valence-electron chi connectivity index (χ1n) is 11.0. The second kappa shape index (κ2) is 10.7. The molecule has 0 spiro atoms. The zero-order valence-electron chi connectivity index (χ0n) is 19.9. The first kappa shape index (κ1) is 26.5. The monoisotopic (exact) mass is 558 g/mol. The fourth-order valence-corrected chi connectivity index (χ4v) is 4.42. The highest BCUT2D eigenvalue weighted by Crippen LogP contribution is 2.30. The normalized spacial score (nSPS) is 13.1. The molecule has 0 radical (unpaired) electrons. The van der Waals surface area contributed by atoms with E-state index < -0.39 is 24.0 Å². The number of hydrogen-bond donors (Lipinski definition) is 3. The Labute approximate surface area is 216 Å². The van der Waals surface area contributed by atoms with Gasteiger partial charge in [-0.2, -0.15) is 0 Å². The van der Waals surface area contributed by atoms with E-state index in [1.54, 1.807) is 49.6 Å². The number of carbonyl (C=O) groups is 3. The summed E-state index contributed by atoms with van der Waals surface area (Å²) < 4.78 is 0.752. The summed E-state index contributed by atoms with van der Waals surface area (Å²) in [6.07, 6.45) is 2.98. The molecule has 0 aliphatic carbocycles. The first-order valence-corrected chi connectivity index (χ1v) is 12.6. The smallest absolute Gasteiger partial charge is 0.350 e. The van der Waals surface area contributed by atoms with Crippen LogP contribution >= 0.6 is 27.3 Å². The molecule has 10 heteroatoms. The minimum Gasteiger partial charge on any atom is -0.478 e. The number of rotatable bonds is 9. The number of nitrogens with one attached hydrogen (secondary N) is 2. The number of benzene rings is 1. The molecule has 0 aliphatic rings. The molecule has 35 heavy (non-hydrogen) atoms. The Morgan fingerprint density at radius 2 is 1.66 bits per heavy atom. The molecule has 2 heterocycles. The summed E-state index contributed by atoms with van der Waals surface area (Å²) in [5.41, 5.74) is -1.03. The number of ketones is 1. The van der Waals surface area contributed by atoms with Crippen molar-refractivity contribution in [1.82, 2.24) is 15.3 Å². The van der Waals surface area contributed by atoms with E-state index in [0.717, 1.165) is 14.9 Å². The number of carboxylic acids is 1. The van der Waals surface area contributed by atoms with Crippen LogP contribution in [0.2, 0.25) is 0 Å². The van der Waals surface area contributed by atoms with E-state index in [-0.39, 0.29) is 17.6 Å². The average Bonchev–Trinajstić information content (AvgIpc) is 3.31. The number of amides is 1.